The van der Waals surface area contributed by atoms with E-state index in [-0.39, 0.29) is 32.5 Å². The molecule has 2 heterocycles. The van der Waals surface area contributed by atoms with E-state index in [1.54, 1.807) is 17.9 Å². The van der Waals surface area contributed by atoms with Crippen molar-refractivity contribution in [2.45, 2.75) is 44.6 Å². The van der Waals surface area contributed by atoms with Crippen LogP contribution in [0.3, 0.4) is 0 Å². The highest BCUT2D eigenvalue weighted by Crippen LogP contribution is 2.35. The first kappa shape index (κ1) is 26.8. The van der Waals surface area contributed by atoms with Crippen molar-refractivity contribution in [2.75, 3.05) is 39.4 Å². The van der Waals surface area contributed by atoms with Crippen molar-refractivity contribution in [3.63, 3.8) is 0 Å². The summed E-state index contributed by atoms with van der Waals surface area (Å²) in [5.74, 6) is -1.61. The van der Waals surface area contributed by atoms with Gasteiger partial charge in [-0.3, -0.25) is 14.5 Å². The van der Waals surface area contributed by atoms with E-state index in [4.69, 9.17) is 14.2 Å². The number of nitrogens with one attached hydrogen (secondary N) is 2. The summed E-state index contributed by atoms with van der Waals surface area (Å²) >= 11 is 0. The maximum Gasteiger partial charge on any atom is 0.352 e. The molecule has 2 aliphatic rings. The predicted molar refractivity (Wildman–Crippen MR) is 136 cm³/mol. The van der Waals surface area contributed by atoms with E-state index in [1.165, 1.54) is 0 Å². The smallest absolute Gasteiger partial charge is 0.352 e. The molecule has 1 atom stereocenters. The molecule has 2 aromatic rings. The van der Waals surface area contributed by atoms with E-state index in [0.717, 1.165) is 37.1 Å². The quantitative estimate of drug-likeness (QED) is 0.468. The number of carbonyl (C=O) groups is 3. The normalized spacial score (nSPS) is 20.0. The van der Waals surface area contributed by atoms with Crippen molar-refractivity contribution in [1.29, 1.82) is 0 Å². The van der Waals surface area contributed by atoms with Crippen LogP contribution >= 0.6 is 0 Å². The molecule has 0 saturated carbocycles. The van der Waals surface area contributed by atoms with Gasteiger partial charge < -0.3 is 24.8 Å². The highest BCUT2D eigenvalue weighted by Gasteiger charge is 2.52. The molecule has 0 aliphatic carbocycles. The molecule has 1 fully saturated rings. The molecule has 9 heteroatoms. The number of hydrogen-bond acceptors (Lipinski definition) is 8. The zero-order chi connectivity index (χ0) is 26.1. The number of ether oxygens (including phenoxy) is 3. The Labute approximate surface area is 217 Å². The van der Waals surface area contributed by atoms with Crippen molar-refractivity contribution < 1.29 is 28.6 Å². The molecule has 2 N–H and O–H groups in total. The van der Waals surface area contributed by atoms with E-state index in [0.29, 0.717) is 18.5 Å². The first-order chi connectivity index (χ1) is 18.0. The molecule has 9 nitrogen and oxygen atoms in total. The van der Waals surface area contributed by atoms with Crippen molar-refractivity contribution in [3.8, 4) is 0 Å². The molecule has 37 heavy (non-hydrogen) atoms. The van der Waals surface area contributed by atoms with Crippen LogP contribution in [0.1, 0.15) is 36.5 Å². The zero-order valence-electron chi connectivity index (χ0n) is 21.2. The molecule has 2 aliphatic heterocycles. The van der Waals surface area contributed by atoms with Gasteiger partial charge in [0, 0.05) is 12.1 Å². The summed E-state index contributed by atoms with van der Waals surface area (Å²) in [6.45, 7) is 3.61. The summed E-state index contributed by atoms with van der Waals surface area (Å²) in [5.41, 5.74) is 0.593. The number of nitrogens with zero attached hydrogens (tertiary/aromatic N) is 1. The van der Waals surface area contributed by atoms with Crippen LogP contribution in [0, 0.1) is 0 Å². The molecule has 0 aromatic heterocycles. The van der Waals surface area contributed by atoms with E-state index in [1.807, 2.05) is 48.5 Å². The number of rotatable bonds is 10. The third-order valence-electron chi connectivity index (χ3n) is 6.72. The number of amides is 1. The van der Waals surface area contributed by atoms with Crippen molar-refractivity contribution >= 4 is 17.8 Å². The summed E-state index contributed by atoms with van der Waals surface area (Å²) in [7, 11) is 0. The highest BCUT2D eigenvalue weighted by molar-refractivity contribution is 5.90. The topological polar surface area (TPSA) is 106 Å². The predicted octanol–water partition coefficient (Wildman–Crippen LogP) is 1.89. The maximum atomic E-state index is 14.0. The van der Waals surface area contributed by atoms with Gasteiger partial charge in [0.05, 0.1) is 19.3 Å². The monoisotopic (exact) mass is 509 g/mol. The van der Waals surface area contributed by atoms with Gasteiger partial charge in [-0.1, -0.05) is 54.6 Å². The number of piperidine rings is 1. The number of carbonyl (C=O) groups excluding carboxylic acids is 3. The molecule has 0 radical (unpaired) electrons. The summed E-state index contributed by atoms with van der Waals surface area (Å²) < 4.78 is 16.9. The van der Waals surface area contributed by atoms with Gasteiger partial charge in [0.25, 0.3) is 0 Å². The van der Waals surface area contributed by atoms with Crippen LogP contribution < -0.4 is 10.6 Å². The van der Waals surface area contributed by atoms with Gasteiger partial charge in [-0.05, 0) is 50.4 Å². The Hall–Kier alpha value is -3.27. The lowest BCUT2D eigenvalue weighted by atomic mass is 9.86. The zero-order valence-corrected chi connectivity index (χ0v) is 21.2. The average molecular weight is 510 g/mol. The van der Waals surface area contributed by atoms with Crippen LogP contribution in [-0.2, 0) is 47.3 Å². The van der Waals surface area contributed by atoms with Gasteiger partial charge in [-0.15, -0.1) is 0 Å². The fourth-order valence-corrected chi connectivity index (χ4v) is 4.90. The first-order valence-corrected chi connectivity index (χ1v) is 12.9. The first-order valence-electron chi connectivity index (χ1n) is 12.9. The SMILES string of the molecule is CCOC(=O)CN1CCc2ccccc2C1(NC(=O)COC1CCNCC1)C(=O)OCc1ccccc1. The van der Waals surface area contributed by atoms with Gasteiger partial charge in [-0.2, -0.15) is 0 Å². The maximum absolute atomic E-state index is 14.0. The molecule has 0 spiro atoms. The van der Waals surface area contributed by atoms with Crippen LogP contribution in [-0.4, -0.2) is 68.2 Å². The van der Waals surface area contributed by atoms with E-state index < -0.39 is 23.5 Å². The van der Waals surface area contributed by atoms with E-state index in [2.05, 4.69) is 10.6 Å². The largest absolute Gasteiger partial charge is 0.465 e. The second-order valence-corrected chi connectivity index (χ2v) is 9.21. The van der Waals surface area contributed by atoms with Gasteiger partial charge >= 0.3 is 11.9 Å². The van der Waals surface area contributed by atoms with Crippen LogP contribution in [0.2, 0.25) is 0 Å². The lowest BCUT2D eigenvalue weighted by Crippen LogP contribution is -2.67. The molecule has 2 aromatic carbocycles. The van der Waals surface area contributed by atoms with Gasteiger partial charge in [-0.25, -0.2) is 4.79 Å². The van der Waals surface area contributed by atoms with Gasteiger partial charge in [0.2, 0.25) is 11.6 Å². The molecule has 198 valence electrons. The summed E-state index contributed by atoms with van der Waals surface area (Å²) in [6, 6.07) is 16.7. The van der Waals surface area contributed by atoms with Gasteiger partial charge in [0.1, 0.15) is 13.2 Å². The van der Waals surface area contributed by atoms with Crippen LogP contribution in [0.4, 0.5) is 0 Å². The molecular formula is C28H35N3O6. The Morgan fingerprint density at radius 3 is 2.51 bits per heavy atom. The van der Waals surface area contributed by atoms with E-state index in [9.17, 15) is 14.4 Å². The minimum Gasteiger partial charge on any atom is -0.465 e. The number of hydrogen-bond donors (Lipinski definition) is 2. The lowest BCUT2D eigenvalue weighted by Gasteiger charge is -2.45. The molecule has 0 bridgehead atoms. The second-order valence-electron chi connectivity index (χ2n) is 9.21. The van der Waals surface area contributed by atoms with Crippen LogP contribution in [0.5, 0.6) is 0 Å². The number of fused-ring (bicyclic) bond motifs is 1. The molecule has 1 saturated heterocycles. The molecule has 4 rings (SSSR count). The number of esters is 2. The Kier molecular flexibility index (Phi) is 9.27. The Balaban J connectivity index is 1.64. The van der Waals surface area contributed by atoms with Crippen LogP contribution in [0.25, 0.3) is 0 Å². The summed E-state index contributed by atoms with van der Waals surface area (Å²) in [6.07, 6.45) is 2.21. The van der Waals surface area contributed by atoms with Crippen LogP contribution in [0.15, 0.2) is 54.6 Å². The highest BCUT2D eigenvalue weighted by atomic mass is 16.5. The summed E-state index contributed by atoms with van der Waals surface area (Å²) in [5, 5.41) is 6.20. The lowest BCUT2D eigenvalue weighted by molar-refractivity contribution is -0.171. The minimum atomic E-state index is -1.70. The average Bonchev–Trinajstić information content (AvgIpc) is 2.93. The van der Waals surface area contributed by atoms with Gasteiger partial charge in [0.15, 0.2) is 0 Å². The fraction of sp³-hybridized carbons (Fsp3) is 0.464. The van der Waals surface area contributed by atoms with Crippen molar-refractivity contribution in [2.24, 2.45) is 0 Å². The van der Waals surface area contributed by atoms with Crippen molar-refractivity contribution in [3.05, 3.63) is 71.3 Å². The number of benzene rings is 2. The Bertz CT molecular complexity index is 1070. The van der Waals surface area contributed by atoms with E-state index >= 15 is 0 Å². The third-order valence-corrected chi connectivity index (χ3v) is 6.72. The van der Waals surface area contributed by atoms with Crippen molar-refractivity contribution in [1.82, 2.24) is 15.5 Å². The standard InChI is InChI=1S/C28H35N3O6/c1-2-35-26(33)18-31-17-14-22-10-6-7-11-24(22)28(31,27(34)37-19-21-8-4-3-5-9-21)30-25(32)20-36-23-12-15-29-16-13-23/h3-11,23,29H,2,12-20H2,1H3,(H,30,32). The minimum absolute atomic E-state index is 0.0257. The molecule has 1 amide bonds. The Morgan fingerprint density at radius 2 is 1.76 bits per heavy atom. The fourth-order valence-electron chi connectivity index (χ4n) is 4.90. The third kappa shape index (κ3) is 6.54. The summed E-state index contributed by atoms with van der Waals surface area (Å²) in [4.78, 5) is 41.5. The Morgan fingerprint density at radius 1 is 1.03 bits per heavy atom. The second kappa shape index (κ2) is 12.8. The molecular weight excluding hydrogens is 474 g/mol. The molecule has 1 unspecified atom stereocenters.